The highest BCUT2D eigenvalue weighted by atomic mass is 32.2. The van der Waals surface area contributed by atoms with E-state index >= 15 is 0 Å². The van der Waals surface area contributed by atoms with Gasteiger partial charge >= 0.3 is 0 Å². The Balaban J connectivity index is 1.48. The van der Waals surface area contributed by atoms with Gasteiger partial charge in [-0.15, -0.1) is 11.3 Å². The zero-order valence-electron chi connectivity index (χ0n) is 15.0. The number of carbonyl (C=O) groups is 1. The minimum absolute atomic E-state index is 0.0358. The Morgan fingerprint density at radius 1 is 1.42 bits per heavy atom. The summed E-state index contributed by atoms with van der Waals surface area (Å²) in [6.45, 7) is 1.53. The molecule has 146 valence electrons. The predicted octanol–water partition coefficient (Wildman–Crippen LogP) is 2.32. The van der Waals surface area contributed by atoms with E-state index in [9.17, 15) is 13.2 Å². The Kier molecular flexibility index (Phi) is 6.66. The van der Waals surface area contributed by atoms with Gasteiger partial charge in [0.2, 0.25) is 5.91 Å². The lowest BCUT2D eigenvalue weighted by atomic mass is 9.89. The van der Waals surface area contributed by atoms with Crippen LogP contribution in [0.2, 0.25) is 0 Å². The van der Waals surface area contributed by atoms with Crippen molar-refractivity contribution in [3.8, 4) is 0 Å². The first kappa shape index (κ1) is 20.1. The largest absolute Gasteiger partial charge is 0.370 e. The SMILES string of the molecule is CSCCC(=O)NC[C@H]1CCC2(CCN(S(=O)(=O)c3cccs3)CC2)O1. The van der Waals surface area contributed by atoms with Gasteiger partial charge < -0.3 is 10.1 Å². The van der Waals surface area contributed by atoms with Crippen molar-refractivity contribution >= 4 is 39.0 Å². The first-order valence-corrected chi connectivity index (χ1v) is 12.6. The molecule has 1 amide bonds. The van der Waals surface area contributed by atoms with Crippen LogP contribution in [0.3, 0.4) is 0 Å². The van der Waals surface area contributed by atoms with Gasteiger partial charge in [-0.1, -0.05) is 6.07 Å². The van der Waals surface area contributed by atoms with Gasteiger partial charge in [-0.2, -0.15) is 16.1 Å². The maximum atomic E-state index is 12.6. The number of ether oxygens (including phenoxy) is 1. The first-order valence-electron chi connectivity index (χ1n) is 8.92. The molecular formula is C17H26N2O4S3. The zero-order valence-corrected chi connectivity index (χ0v) is 17.4. The van der Waals surface area contributed by atoms with Crippen molar-refractivity contribution < 1.29 is 17.9 Å². The molecule has 1 spiro atoms. The van der Waals surface area contributed by atoms with Crippen LogP contribution in [0.1, 0.15) is 32.1 Å². The summed E-state index contributed by atoms with van der Waals surface area (Å²) >= 11 is 2.92. The minimum atomic E-state index is -3.37. The van der Waals surface area contributed by atoms with Gasteiger partial charge in [0.15, 0.2) is 0 Å². The van der Waals surface area contributed by atoms with Crippen molar-refractivity contribution in [1.29, 1.82) is 0 Å². The molecule has 0 saturated carbocycles. The molecule has 3 rings (SSSR count). The van der Waals surface area contributed by atoms with Crippen LogP contribution in [0.5, 0.6) is 0 Å². The Hall–Kier alpha value is -0.610. The van der Waals surface area contributed by atoms with Crippen LogP contribution in [-0.2, 0) is 19.6 Å². The van der Waals surface area contributed by atoms with Crippen molar-refractivity contribution in [3.05, 3.63) is 17.5 Å². The molecule has 0 aliphatic carbocycles. The smallest absolute Gasteiger partial charge is 0.252 e. The van der Waals surface area contributed by atoms with Crippen molar-refractivity contribution in [2.75, 3.05) is 31.6 Å². The summed E-state index contributed by atoms with van der Waals surface area (Å²) in [5.41, 5.74) is -0.226. The van der Waals surface area contributed by atoms with Crippen LogP contribution in [-0.4, -0.2) is 62.0 Å². The van der Waals surface area contributed by atoms with Crippen LogP contribution < -0.4 is 5.32 Å². The summed E-state index contributed by atoms with van der Waals surface area (Å²) in [5, 5.41) is 4.74. The van der Waals surface area contributed by atoms with Crippen molar-refractivity contribution in [2.45, 2.75) is 48.0 Å². The van der Waals surface area contributed by atoms with Crippen molar-refractivity contribution in [2.24, 2.45) is 0 Å². The second-order valence-electron chi connectivity index (χ2n) is 6.84. The van der Waals surface area contributed by atoms with Gasteiger partial charge in [0.25, 0.3) is 10.0 Å². The molecule has 0 bridgehead atoms. The highest BCUT2D eigenvalue weighted by Crippen LogP contribution is 2.40. The monoisotopic (exact) mass is 418 g/mol. The molecule has 9 heteroatoms. The summed E-state index contributed by atoms with van der Waals surface area (Å²) in [5.74, 6) is 0.899. The first-order chi connectivity index (χ1) is 12.5. The van der Waals surface area contributed by atoms with E-state index in [2.05, 4.69) is 5.32 Å². The van der Waals surface area contributed by atoms with Gasteiger partial charge in [-0.25, -0.2) is 8.42 Å². The lowest BCUT2D eigenvalue weighted by Gasteiger charge is -2.38. The number of nitrogens with one attached hydrogen (secondary N) is 1. The molecule has 3 heterocycles. The maximum absolute atomic E-state index is 12.6. The van der Waals surface area contributed by atoms with Crippen LogP contribution in [0.25, 0.3) is 0 Å². The van der Waals surface area contributed by atoms with Crippen LogP contribution in [0, 0.1) is 0 Å². The Bertz CT molecular complexity index is 698. The summed E-state index contributed by atoms with van der Waals surface area (Å²) < 4.78 is 33.5. The van der Waals surface area contributed by atoms with Gasteiger partial charge in [0, 0.05) is 31.8 Å². The number of hydrogen-bond donors (Lipinski definition) is 1. The standard InChI is InChI=1S/C17H26N2O4S3/c1-24-12-5-15(20)18-13-14-4-6-17(23-14)7-9-19(10-8-17)26(21,22)16-3-2-11-25-16/h2-3,11,14H,4-10,12-13H2,1H3,(H,18,20)/t14-/m1/s1. The number of sulfonamides is 1. The molecule has 2 fully saturated rings. The molecule has 1 N–H and O–H groups in total. The molecular weight excluding hydrogens is 392 g/mol. The molecule has 6 nitrogen and oxygen atoms in total. The Morgan fingerprint density at radius 2 is 2.19 bits per heavy atom. The molecule has 1 atom stereocenters. The lowest BCUT2D eigenvalue weighted by Crippen LogP contribution is -2.47. The predicted molar refractivity (Wildman–Crippen MR) is 105 cm³/mol. The topological polar surface area (TPSA) is 75.7 Å². The molecule has 26 heavy (non-hydrogen) atoms. The van der Waals surface area contributed by atoms with E-state index < -0.39 is 10.0 Å². The highest BCUT2D eigenvalue weighted by molar-refractivity contribution is 7.98. The van der Waals surface area contributed by atoms with E-state index in [1.165, 1.54) is 11.3 Å². The summed E-state index contributed by atoms with van der Waals surface area (Å²) in [4.78, 5) is 11.7. The summed E-state index contributed by atoms with van der Waals surface area (Å²) in [6, 6.07) is 3.42. The van der Waals surface area contributed by atoms with Crippen LogP contribution in [0.15, 0.2) is 21.7 Å². The number of piperidine rings is 1. The summed E-state index contributed by atoms with van der Waals surface area (Å²) in [7, 11) is -3.37. The molecule has 0 aromatic carbocycles. The molecule has 2 aliphatic heterocycles. The van der Waals surface area contributed by atoms with E-state index in [0.717, 1.165) is 18.6 Å². The van der Waals surface area contributed by atoms with Gasteiger partial charge in [0.05, 0.1) is 11.7 Å². The minimum Gasteiger partial charge on any atom is -0.370 e. The normalized spacial score (nSPS) is 23.3. The zero-order chi connectivity index (χ0) is 18.6. The number of amides is 1. The fraction of sp³-hybridized carbons (Fsp3) is 0.706. The van der Waals surface area contributed by atoms with E-state index in [-0.39, 0.29) is 17.6 Å². The number of nitrogens with zero attached hydrogens (tertiary/aromatic N) is 1. The lowest BCUT2D eigenvalue weighted by molar-refractivity contribution is -0.122. The molecule has 2 aliphatic rings. The third-order valence-corrected chi connectivity index (χ3v) is 9.01. The molecule has 2 saturated heterocycles. The second-order valence-corrected chi connectivity index (χ2v) is 10.9. The van der Waals surface area contributed by atoms with Gasteiger partial charge in [0.1, 0.15) is 4.21 Å². The number of thiophene rings is 1. The fourth-order valence-corrected chi connectivity index (χ4v) is 6.56. The average Bonchev–Trinajstić information content (AvgIpc) is 3.30. The Labute approximate surface area is 163 Å². The van der Waals surface area contributed by atoms with Gasteiger partial charge in [-0.05, 0) is 43.4 Å². The highest BCUT2D eigenvalue weighted by Gasteiger charge is 2.44. The summed E-state index contributed by atoms with van der Waals surface area (Å²) in [6.07, 6.45) is 5.85. The Morgan fingerprint density at radius 3 is 2.85 bits per heavy atom. The molecule has 1 aromatic heterocycles. The molecule has 1 aromatic rings. The number of carbonyl (C=O) groups excluding carboxylic acids is 1. The maximum Gasteiger partial charge on any atom is 0.252 e. The van der Waals surface area contributed by atoms with E-state index in [1.54, 1.807) is 33.6 Å². The number of rotatable bonds is 7. The van der Waals surface area contributed by atoms with Crippen LogP contribution >= 0.6 is 23.1 Å². The number of hydrogen-bond acceptors (Lipinski definition) is 6. The molecule has 0 radical (unpaired) electrons. The third-order valence-electron chi connectivity index (χ3n) is 5.12. The van der Waals surface area contributed by atoms with Crippen molar-refractivity contribution in [3.63, 3.8) is 0 Å². The van der Waals surface area contributed by atoms with Crippen molar-refractivity contribution in [1.82, 2.24) is 9.62 Å². The molecule has 0 unspecified atom stereocenters. The van der Waals surface area contributed by atoms with E-state index in [4.69, 9.17) is 4.74 Å². The number of thioether (sulfide) groups is 1. The van der Waals surface area contributed by atoms with Crippen LogP contribution in [0.4, 0.5) is 0 Å². The second kappa shape index (κ2) is 8.60. The average molecular weight is 419 g/mol. The van der Waals surface area contributed by atoms with E-state index in [1.807, 2.05) is 6.26 Å². The van der Waals surface area contributed by atoms with E-state index in [0.29, 0.717) is 43.1 Å². The fourth-order valence-electron chi connectivity index (χ4n) is 3.59. The van der Waals surface area contributed by atoms with Gasteiger partial charge in [-0.3, -0.25) is 4.79 Å². The third kappa shape index (κ3) is 4.62. The quantitative estimate of drug-likeness (QED) is 0.735.